The molecular weight excluding hydrogens is 419 g/mol. The Bertz CT molecular complexity index is 1050. The van der Waals surface area contributed by atoms with Crippen LogP contribution in [0, 0.1) is 17.7 Å². The molecule has 6 heteroatoms. The highest BCUT2D eigenvalue weighted by atomic mass is 19.1. The van der Waals surface area contributed by atoms with Crippen molar-refractivity contribution in [1.29, 1.82) is 0 Å². The molecule has 1 saturated heterocycles. The van der Waals surface area contributed by atoms with E-state index in [2.05, 4.69) is 18.7 Å². The average molecular weight is 451 g/mol. The number of carbonyl (C=O) groups is 2. The van der Waals surface area contributed by atoms with Gasteiger partial charge >= 0.3 is 0 Å². The van der Waals surface area contributed by atoms with E-state index >= 15 is 0 Å². The molecule has 2 heterocycles. The molecule has 2 amide bonds. The van der Waals surface area contributed by atoms with Gasteiger partial charge in [-0.1, -0.05) is 38.1 Å². The number of hydrogen-bond acceptors (Lipinski definition) is 4. The lowest BCUT2D eigenvalue weighted by Gasteiger charge is -2.37. The molecule has 2 unspecified atom stereocenters. The van der Waals surface area contributed by atoms with Crippen LogP contribution in [0.1, 0.15) is 45.2 Å². The molecule has 2 aromatic carbocycles. The van der Waals surface area contributed by atoms with Crippen LogP contribution in [0.4, 0.5) is 4.39 Å². The maximum Gasteiger partial charge on any atom is 0.278 e. The number of halogens is 1. The zero-order valence-electron chi connectivity index (χ0n) is 19.7. The topological polar surface area (TPSA) is 49.9 Å². The summed E-state index contributed by atoms with van der Waals surface area (Å²) in [7, 11) is 0. The zero-order chi connectivity index (χ0) is 23.7. The highest BCUT2D eigenvalue weighted by Crippen LogP contribution is 2.36. The Labute approximate surface area is 194 Å². The molecule has 174 valence electrons. The predicted octanol–water partition coefficient (Wildman–Crippen LogP) is 4.87. The fraction of sp³-hybridized carbons (Fsp3) is 0.407. The minimum atomic E-state index is -0.350. The van der Waals surface area contributed by atoms with Gasteiger partial charge in [0.15, 0.2) is 0 Å². The summed E-state index contributed by atoms with van der Waals surface area (Å²) < 4.78 is 19.1. The standard InChI is InChI=1S/C27H31FN2O3/c1-17(2)33-23-11-7-21(8-12-23)24-25(29-14-18(3)13-19(4)15-29)27(32)30(26(24)31)16-20-5-9-22(28)10-6-20/h5-12,17-19H,13-16H2,1-4H3. The Kier molecular flexibility index (Phi) is 6.54. The number of amides is 2. The largest absolute Gasteiger partial charge is 0.491 e. The molecule has 2 aliphatic rings. The van der Waals surface area contributed by atoms with Crippen molar-refractivity contribution in [2.45, 2.75) is 46.8 Å². The van der Waals surface area contributed by atoms with Crippen molar-refractivity contribution in [1.82, 2.24) is 9.80 Å². The summed E-state index contributed by atoms with van der Waals surface area (Å²) in [5.41, 5.74) is 2.31. The summed E-state index contributed by atoms with van der Waals surface area (Å²) in [6, 6.07) is 13.3. The second-order valence-electron chi connectivity index (χ2n) is 9.59. The summed E-state index contributed by atoms with van der Waals surface area (Å²) in [5, 5.41) is 0. The molecule has 4 rings (SSSR count). The highest BCUT2D eigenvalue weighted by molar-refractivity contribution is 6.35. The van der Waals surface area contributed by atoms with Gasteiger partial charge in [-0.2, -0.15) is 0 Å². The van der Waals surface area contributed by atoms with Crippen LogP contribution in [0.15, 0.2) is 54.2 Å². The van der Waals surface area contributed by atoms with Crippen molar-refractivity contribution in [2.75, 3.05) is 13.1 Å². The van der Waals surface area contributed by atoms with Gasteiger partial charge in [0.25, 0.3) is 11.8 Å². The fourth-order valence-electron chi connectivity index (χ4n) is 4.85. The summed E-state index contributed by atoms with van der Waals surface area (Å²) in [5.74, 6) is 0.621. The monoisotopic (exact) mass is 450 g/mol. The summed E-state index contributed by atoms with van der Waals surface area (Å²) >= 11 is 0. The van der Waals surface area contributed by atoms with Crippen LogP contribution in [0.3, 0.4) is 0 Å². The first kappa shape index (κ1) is 23.0. The quantitative estimate of drug-likeness (QED) is 0.589. The molecule has 0 aliphatic carbocycles. The van der Waals surface area contributed by atoms with Crippen molar-refractivity contribution < 1.29 is 18.7 Å². The number of likely N-dealkylation sites (tertiary alicyclic amines) is 1. The molecule has 0 radical (unpaired) electrons. The first-order valence-corrected chi connectivity index (χ1v) is 11.6. The number of rotatable bonds is 6. The third-order valence-electron chi connectivity index (χ3n) is 6.10. The molecule has 0 saturated carbocycles. The predicted molar refractivity (Wildman–Crippen MR) is 126 cm³/mol. The van der Waals surface area contributed by atoms with Gasteiger partial charge in [-0.3, -0.25) is 14.5 Å². The molecule has 5 nitrogen and oxygen atoms in total. The third kappa shape index (κ3) is 4.95. The molecule has 0 bridgehead atoms. The first-order chi connectivity index (χ1) is 15.7. The normalized spacial score (nSPS) is 21.4. The smallest absolute Gasteiger partial charge is 0.278 e. The molecule has 33 heavy (non-hydrogen) atoms. The lowest BCUT2D eigenvalue weighted by atomic mass is 9.91. The van der Waals surface area contributed by atoms with E-state index in [1.54, 1.807) is 12.1 Å². The fourth-order valence-corrected chi connectivity index (χ4v) is 4.85. The van der Waals surface area contributed by atoms with Crippen LogP contribution in [-0.2, 0) is 16.1 Å². The van der Waals surface area contributed by atoms with Gasteiger partial charge in [0.05, 0.1) is 18.2 Å². The minimum absolute atomic E-state index is 0.0443. The lowest BCUT2D eigenvalue weighted by Crippen LogP contribution is -2.41. The van der Waals surface area contributed by atoms with Crippen molar-refractivity contribution in [3.8, 4) is 5.75 Å². The lowest BCUT2D eigenvalue weighted by molar-refractivity contribution is -0.138. The minimum Gasteiger partial charge on any atom is -0.491 e. The Morgan fingerprint density at radius 3 is 2.12 bits per heavy atom. The second kappa shape index (κ2) is 9.38. The SMILES string of the molecule is CC1CC(C)CN(C2=C(c3ccc(OC(C)C)cc3)C(=O)N(Cc3ccc(F)cc3)C2=O)C1. The molecule has 0 spiro atoms. The van der Waals surface area contributed by atoms with E-state index in [-0.39, 0.29) is 30.3 Å². The van der Waals surface area contributed by atoms with Crippen molar-refractivity contribution in [3.05, 3.63) is 71.2 Å². The Hall–Kier alpha value is -3.15. The number of hydrogen-bond donors (Lipinski definition) is 0. The van der Waals surface area contributed by atoms with Crippen molar-refractivity contribution >= 4 is 17.4 Å². The second-order valence-corrected chi connectivity index (χ2v) is 9.59. The summed E-state index contributed by atoms with van der Waals surface area (Å²) in [4.78, 5) is 30.5. The zero-order valence-corrected chi connectivity index (χ0v) is 19.7. The van der Waals surface area contributed by atoms with Gasteiger partial charge in [-0.05, 0) is 67.5 Å². The van der Waals surface area contributed by atoms with Crippen molar-refractivity contribution in [3.63, 3.8) is 0 Å². The van der Waals surface area contributed by atoms with Crippen LogP contribution in [0.2, 0.25) is 0 Å². The average Bonchev–Trinajstić information content (AvgIpc) is 2.99. The van der Waals surface area contributed by atoms with Gasteiger partial charge in [0, 0.05) is 13.1 Å². The van der Waals surface area contributed by atoms with E-state index in [1.165, 1.54) is 17.0 Å². The molecular formula is C27H31FN2O3. The van der Waals surface area contributed by atoms with Crippen LogP contribution in [0.5, 0.6) is 5.75 Å². The summed E-state index contributed by atoms with van der Waals surface area (Å²) in [6.07, 6.45) is 1.14. The molecule has 2 aliphatic heterocycles. The van der Waals surface area contributed by atoms with Gasteiger partial charge in [-0.25, -0.2) is 4.39 Å². The number of ether oxygens (including phenoxy) is 1. The van der Waals surface area contributed by atoms with Gasteiger partial charge in [-0.15, -0.1) is 0 Å². The summed E-state index contributed by atoms with van der Waals surface area (Å²) in [6.45, 7) is 9.86. The molecule has 2 atom stereocenters. The number of benzene rings is 2. The van der Waals surface area contributed by atoms with Gasteiger partial charge < -0.3 is 9.64 Å². The highest BCUT2D eigenvalue weighted by Gasteiger charge is 2.42. The molecule has 2 aromatic rings. The van der Waals surface area contributed by atoms with Gasteiger partial charge in [0.2, 0.25) is 0 Å². The van der Waals surface area contributed by atoms with E-state index in [0.717, 1.165) is 25.3 Å². The Balaban J connectivity index is 1.71. The van der Waals surface area contributed by atoms with E-state index in [9.17, 15) is 14.0 Å². The van der Waals surface area contributed by atoms with E-state index in [0.29, 0.717) is 34.2 Å². The van der Waals surface area contributed by atoms with Gasteiger partial charge in [0.1, 0.15) is 17.3 Å². The van der Waals surface area contributed by atoms with E-state index in [1.807, 2.05) is 38.1 Å². The maximum absolute atomic E-state index is 13.6. The third-order valence-corrected chi connectivity index (χ3v) is 6.10. The van der Waals surface area contributed by atoms with Crippen LogP contribution in [-0.4, -0.2) is 40.8 Å². The van der Waals surface area contributed by atoms with Crippen molar-refractivity contribution in [2.24, 2.45) is 11.8 Å². The van der Waals surface area contributed by atoms with E-state index in [4.69, 9.17) is 4.74 Å². The maximum atomic E-state index is 13.6. The number of piperidine rings is 1. The van der Waals surface area contributed by atoms with E-state index < -0.39 is 0 Å². The number of carbonyl (C=O) groups excluding carboxylic acids is 2. The number of nitrogens with zero attached hydrogens (tertiary/aromatic N) is 2. The molecule has 1 fully saturated rings. The molecule has 0 N–H and O–H groups in total. The Morgan fingerprint density at radius 1 is 0.939 bits per heavy atom. The molecule has 0 aromatic heterocycles. The number of imide groups is 1. The first-order valence-electron chi connectivity index (χ1n) is 11.6. The van der Waals surface area contributed by atoms with Crippen LogP contribution in [0.25, 0.3) is 5.57 Å². The Morgan fingerprint density at radius 2 is 1.55 bits per heavy atom. The van der Waals surface area contributed by atoms with Crippen LogP contribution >= 0.6 is 0 Å². The van der Waals surface area contributed by atoms with Crippen LogP contribution < -0.4 is 4.74 Å².